The van der Waals surface area contributed by atoms with Crippen LogP contribution in [0.1, 0.15) is 30.5 Å². The zero-order chi connectivity index (χ0) is 23.7. The quantitative estimate of drug-likeness (QED) is 0.573. The van der Waals surface area contributed by atoms with E-state index < -0.39 is 0 Å². The van der Waals surface area contributed by atoms with Gasteiger partial charge >= 0.3 is 0 Å². The molecule has 0 aliphatic carbocycles. The van der Waals surface area contributed by atoms with Gasteiger partial charge in [-0.2, -0.15) is 4.99 Å². The van der Waals surface area contributed by atoms with Crippen molar-refractivity contribution >= 4 is 23.5 Å². The highest BCUT2D eigenvalue weighted by atomic mass is 19.1. The highest BCUT2D eigenvalue weighted by Gasteiger charge is 2.30. The highest BCUT2D eigenvalue weighted by molar-refractivity contribution is 6.09. The van der Waals surface area contributed by atoms with E-state index in [9.17, 15) is 9.18 Å². The standard InChI is InChI=1S/C26H26FN5O2/c1-18-16-30(17-28-18)23-10-5-19(15-24(23)34-2)14-20-4-3-12-32-26(20)29-25(33)11-13-31(32)22-8-6-21(27)7-9-22/h5-10,14-17H,3-4,11-13H2,1-2H3. The van der Waals surface area contributed by atoms with E-state index in [-0.39, 0.29) is 11.7 Å². The first-order chi connectivity index (χ1) is 16.5. The molecular formula is C26H26FN5O2. The lowest BCUT2D eigenvalue weighted by Gasteiger charge is -2.40. The molecule has 0 unspecified atom stereocenters. The molecule has 1 amide bonds. The van der Waals surface area contributed by atoms with Crippen LogP contribution in [0.25, 0.3) is 11.8 Å². The van der Waals surface area contributed by atoms with Crippen molar-refractivity contribution in [2.45, 2.75) is 26.2 Å². The zero-order valence-corrected chi connectivity index (χ0v) is 19.2. The molecule has 2 aromatic carbocycles. The van der Waals surface area contributed by atoms with Crippen LogP contribution in [-0.2, 0) is 4.79 Å². The number of rotatable bonds is 4. The van der Waals surface area contributed by atoms with Crippen LogP contribution in [0.4, 0.5) is 10.1 Å². The fraction of sp³-hybridized carbons (Fsp3) is 0.269. The molecule has 7 nitrogen and oxygen atoms in total. The molecule has 0 saturated carbocycles. The van der Waals surface area contributed by atoms with Crippen LogP contribution in [0.5, 0.6) is 5.75 Å². The van der Waals surface area contributed by atoms with Gasteiger partial charge in [0.2, 0.25) is 5.91 Å². The highest BCUT2D eigenvalue weighted by Crippen LogP contribution is 2.30. The number of aliphatic imine (C=N–C) groups is 1. The third kappa shape index (κ3) is 4.31. The number of hydrogen-bond acceptors (Lipinski definition) is 5. The molecule has 0 N–H and O–H groups in total. The normalized spacial score (nSPS) is 17.4. The van der Waals surface area contributed by atoms with Crippen LogP contribution in [0.15, 0.2) is 65.6 Å². The third-order valence-electron chi connectivity index (χ3n) is 6.07. The minimum atomic E-state index is -0.286. The first kappa shape index (κ1) is 21.9. The first-order valence-electron chi connectivity index (χ1n) is 11.3. The first-order valence-corrected chi connectivity index (χ1v) is 11.3. The monoisotopic (exact) mass is 459 g/mol. The summed E-state index contributed by atoms with van der Waals surface area (Å²) in [7, 11) is 1.65. The summed E-state index contributed by atoms with van der Waals surface area (Å²) in [6.45, 7) is 3.18. The number of fused-ring (bicyclic) bond motifs is 1. The summed E-state index contributed by atoms with van der Waals surface area (Å²) in [5, 5.41) is 4.08. The number of ether oxygens (including phenoxy) is 1. The maximum absolute atomic E-state index is 13.5. The van der Waals surface area contributed by atoms with E-state index in [4.69, 9.17) is 4.74 Å². The molecule has 1 saturated heterocycles. The minimum Gasteiger partial charge on any atom is -0.495 e. The summed E-state index contributed by atoms with van der Waals surface area (Å²) in [6.07, 6.45) is 7.81. The molecule has 0 atom stereocenters. The van der Waals surface area contributed by atoms with Gasteiger partial charge in [0, 0.05) is 25.7 Å². The number of halogens is 1. The van der Waals surface area contributed by atoms with E-state index in [0.717, 1.165) is 53.3 Å². The summed E-state index contributed by atoms with van der Waals surface area (Å²) in [4.78, 5) is 21.3. The summed E-state index contributed by atoms with van der Waals surface area (Å²) < 4.78 is 21.1. The van der Waals surface area contributed by atoms with Crippen LogP contribution in [-0.4, -0.2) is 46.5 Å². The van der Waals surface area contributed by atoms with Crippen molar-refractivity contribution in [2.24, 2.45) is 4.99 Å². The van der Waals surface area contributed by atoms with Gasteiger partial charge in [0.1, 0.15) is 11.6 Å². The van der Waals surface area contributed by atoms with E-state index in [1.165, 1.54) is 12.1 Å². The Morgan fingerprint density at radius 1 is 1.06 bits per heavy atom. The number of benzene rings is 2. The van der Waals surface area contributed by atoms with Gasteiger partial charge in [0.05, 0.1) is 30.5 Å². The lowest BCUT2D eigenvalue weighted by Crippen LogP contribution is -2.49. The Labute approximate surface area is 197 Å². The van der Waals surface area contributed by atoms with Gasteiger partial charge in [-0.05, 0) is 73.4 Å². The van der Waals surface area contributed by atoms with Crippen LogP contribution in [0.3, 0.4) is 0 Å². The molecule has 0 bridgehead atoms. The second kappa shape index (κ2) is 9.13. The lowest BCUT2D eigenvalue weighted by molar-refractivity contribution is -0.117. The molecule has 3 heterocycles. The summed E-state index contributed by atoms with van der Waals surface area (Å²) in [6, 6.07) is 12.4. The number of hydrogen-bond donors (Lipinski definition) is 0. The number of aryl methyl sites for hydroxylation is 1. The van der Waals surface area contributed by atoms with Crippen molar-refractivity contribution in [3.05, 3.63) is 77.6 Å². The Bertz CT molecular complexity index is 1280. The average Bonchev–Trinajstić information content (AvgIpc) is 3.19. The molecule has 3 aromatic rings. The number of hydrazine groups is 1. The van der Waals surface area contributed by atoms with Gasteiger partial charge in [-0.1, -0.05) is 6.07 Å². The minimum absolute atomic E-state index is 0.152. The van der Waals surface area contributed by atoms with Gasteiger partial charge in [-0.25, -0.2) is 9.37 Å². The number of carbonyl (C=O) groups is 1. The Hall–Kier alpha value is -3.94. The van der Waals surface area contributed by atoms with Crippen molar-refractivity contribution < 1.29 is 13.9 Å². The van der Waals surface area contributed by atoms with E-state index in [1.54, 1.807) is 25.6 Å². The van der Waals surface area contributed by atoms with Gasteiger partial charge in [0.15, 0.2) is 5.84 Å². The van der Waals surface area contributed by atoms with Crippen LogP contribution in [0, 0.1) is 12.7 Å². The average molecular weight is 460 g/mol. The number of amidine groups is 1. The second-order valence-corrected chi connectivity index (χ2v) is 8.43. The van der Waals surface area contributed by atoms with Crippen molar-refractivity contribution in [3.63, 3.8) is 0 Å². The van der Waals surface area contributed by atoms with Crippen LogP contribution < -0.4 is 9.75 Å². The summed E-state index contributed by atoms with van der Waals surface area (Å²) in [5.41, 5.74) is 4.62. The molecule has 174 valence electrons. The second-order valence-electron chi connectivity index (χ2n) is 8.43. The zero-order valence-electron chi connectivity index (χ0n) is 19.2. The van der Waals surface area contributed by atoms with Crippen LogP contribution in [0.2, 0.25) is 0 Å². The topological polar surface area (TPSA) is 63.0 Å². The largest absolute Gasteiger partial charge is 0.495 e. The maximum atomic E-state index is 13.5. The molecule has 1 fully saturated rings. The van der Waals surface area contributed by atoms with Gasteiger partial charge in [-0.15, -0.1) is 0 Å². The Kier molecular flexibility index (Phi) is 5.88. The number of aromatic nitrogens is 2. The number of nitrogens with zero attached hydrogens (tertiary/aromatic N) is 5. The van der Waals surface area contributed by atoms with E-state index in [2.05, 4.69) is 16.1 Å². The number of amides is 1. The molecule has 34 heavy (non-hydrogen) atoms. The van der Waals surface area contributed by atoms with Gasteiger partial charge in [0.25, 0.3) is 0 Å². The Morgan fingerprint density at radius 2 is 1.88 bits per heavy atom. The molecule has 0 radical (unpaired) electrons. The number of methoxy groups -OCH3 is 1. The van der Waals surface area contributed by atoms with E-state index in [0.29, 0.717) is 18.8 Å². The third-order valence-corrected chi connectivity index (χ3v) is 6.07. The fourth-order valence-corrected chi connectivity index (χ4v) is 4.43. The molecule has 2 aliphatic rings. The molecule has 8 heteroatoms. The van der Waals surface area contributed by atoms with E-state index in [1.807, 2.05) is 45.9 Å². The maximum Gasteiger partial charge on any atom is 0.249 e. The number of piperidine rings is 1. The Morgan fingerprint density at radius 3 is 2.62 bits per heavy atom. The molecule has 1 aromatic heterocycles. The van der Waals surface area contributed by atoms with Crippen molar-refractivity contribution in [1.29, 1.82) is 0 Å². The molecule has 5 rings (SSSR count). The van der Waals surface area contributed by atoms with Crippen molar-refractivity contribution in [2.75, 3.05) is 25.2 Å². The fourth-order valence-electron chi connectivity index (χ4n) is 4.43. The predicted molar refractivity (Wildman–Crippen MR) is 130 cm³/mol. The summed E-state index contributed by atoms with van der Waals surface area (Å²) >= 11 is 0. The van der Waals surface area contributed by atoms with Gasteiger partial charge in [-0.3, -0.25) is 14.8 Å². The number of imidazole rings is 1. The number of carbonyl (C=O) groups excluding carboxylic acids is 1. The molecule has 0 spiro atoms. The lowest BCUT2D eigenvalue weighted by atomic mass is 10.0. The van der Waals surface area contributed by atoms with Crippen molar-refractivity contribution in [3.8, 4) is 11.4 Å². The number of anilines is 1. The summed E-state index contributed by atoms with van der Waals surface area (Å²) in [5.74, 6) is 0.949. The van der Waals surface area contributed by atoms with Crippen LogP contribution >= 0.6 is 0 Å². The SMILES string of the molecule is COc1cc(C=C2CCCN3C2=NC(=O)CCN3c2ccc(F)cc2)ccc1-n1cnc(C)c1. The molecule has 2 aliphatic heterocycles. The van der Waals surface area contributed by atoms with Crippen molar-refractivity contribution in [1.82, 2.24) is 14.6 Å². The molecular weight excluding hydrogens is 433 g/mol. The predicted octanol–water partition coefficient (Wildman–Crippen LogP) is 4.56. The van der Waals surface area contributed by atoms with Gasteiger partial charge < -0.3 is 9.30 Å². The van der Waals surface area contributed by atoms with E-state index >= 15 is 0 Å². The Balaban J connectivity index is 1.50. The smallest absolute Gasteiger partial charge is 0.249 e.